The number of benzene rings is 3. The second kappa shape index (κ2) is 8.06. The molecule has 162 valence electrons. The van der Waals surface area contributed by atoms with Crippen LogP contribution in [0.25, 0.3) is 22.5 Å². The van der Waals surface area contributed by atoms with E-state index in [0.717, 1.165) is 61.2 Å². The fraction of sp³-hybridized carbons (Fsp3) is 0.308. The van der Waals surface area contributed by atoms with E-state index in [9.17, 15) is 0 Å². The zero-order valence-electron chi connectivity index (χ0n) is 19.2. The number of fused-ring (bicyclic) bond motifs is 2. The third kappa shape index (κ3) is 3.34. The highest BCUT2D eigenvalue weighted by Crippen LogP contribution is 2.42. The molecule has 1 unspecified atom stereocenters. The van der Waals surface area contributed by atoms with Gasteiger partial charge in [0, 0.05) is 34.1 Å². The maximum atomic E-state index is 5.74. The largest absolute Gasteiger partial charge is 0.497 e. The van der Waals surface area contributed by atoms with Crippen LogP contribution >= 0.6 is 0 Å². The van der Waals surface area contributed by atoms with Crippen molar-refractivity contribution in [2.75, 3.05) is 33.3 Å². The monoisotopic (exact) mass is 419 g/mol. The second-order valence-electron chi connectivity index (χ2n) is 7.83. The molecule has 31 heavy (non-hydrogen) atoms. The van der Waals surface area contributed by atoms with Gasteiger partial charge in [0.05, 0.1) is 33.8 Å². The lowest BCUT2D eigenvalue weighted by Gasteiger charge is -2.34. The molecule has 0 aromatic heterocycles. The summed E-state index contributed by atoms with van der Waals surface area (Å²) in [5, 5.41) is 4.25. The Morgan fingerprint density at radius 2 is 1.48 bits per heavy atom. The van der Waals surface area contributed by atoms with Crippen LogP contribution in [0.15, 0.2) is 36.4 Å². The second-order valence-corrected chi connectivity index (χ2v) is 7.83. The van der Waals surface area contributed by atoms with Gasteiger partial charge in [-0.1, -0.05) is 6.08 Å². The minimum absolute atomic E-state index is 0.132. The Kier molecular flexibility index (Phi) is 5.44. The number of hydrogen-bond acceptors (Lipinski definition) is 5. The highest BCUT2D eigenvalue weighted by atomic mass is 16.5. The normalized spacial score (nSPS) is 15.4. The number of anilines is 1. The van der Waals surface area contributed by atoms with E-state index in [1.54, 1.807) is 28.4 Å². The fourth-order valence-corrected chi connectivity index (χ4v) is 4.65. The summed E-state index contributed by atoms with van der Waals surface area (Å²) in [6.45, 7) is 6.42. The molecule has 1 atom stereocenters. The molecule has 4 rings (SSSR count). The van der Waals surface area contributed by atoms with Crippen LogP contribution in [0.5, 0.6) is 23.0 Å². The highest BCUT2D eigenvalue weighted by molar-refractivity contribution is 6.04. The number of rotatable bonds is 5. The topological polar surface area (TPSA) is 40.2 Å². The Balaban J connectivity index is 2.06. The van der Waals surface area contributed by atoms with E-state index in [-0.39, 0.29) is 6.04 Å². The van der Waals surface area contributed by atoms with E-state index >= 15 is 0 Å². The van der Waals surface area contributed by atoms with Crippen molar-refractivity contribution < 1.29 is 18.9 Å². The van der Waals surface area contributed by atoms with Crippen molar-refractivity contribution in [3.05, 3.63) is 52.4 Å². The minimum atomic E-state index is 0.132. The van der Waals surface area contributed by atoms with Crippen molar-refractivity contribution in [1.29, 1.82) is 0 Å². The Bertz CT molecular complexity index is 1280. The molecule has 3 aromatic rings. The molecule has 0 aliphatic carbocycles. The van der Waals surface area contributed by atoms with Crippen molar-refractivity contribution in [3.63, 3.8) is 0 Å². The van der Waals surface area contributed by atoms with E-state index in [0.29, 0.717) is 0 Å². The molecule has 0 saturated carbocycles. The molecule has 1 heterocycles. The lowest BCUT2D eigenvalue weighted by atomic mass is 9.99. The average molecular weight is 420 g/mol. The van der Waals surface area contributed by atoms with Gasteiger partial charge in [0.2, 0.25) is 0 Å². The molecule has 5 heteroatoms. The SMILES string of the molecule is COc1cc(OC)c2c(c1)=CC(C)N(c1ccc(OC)c3c(OC)cc(C)cc13)C=2C. The summed E-state index contributed by atoms with van der Waals surface area (Å²) < 4.78 is 22.6. The van der Waals surface area contributed by atoms with Crippen LogP contribution in [-0.4, -0.2) is 34.5 Å². The Morgan fingerprint density at radius 1 is 0.774 bits per heavy atom. The first-order valence-electron chi connectivity index (χ1n) is 10.3. The predicted octanol–water partition coefficient (Wildman–Crippen LogP) is 4.00. The van der Waals surface area contributed by atoms with Gasteiger partial charge >= 0.3 is 0 Å². The minimum Gasteiger partial charge on any atom is -0.497 e. The maximum Gasteiger partial charge on any atom is 0.132 e. The van der Waals surface area contributed by atoms with E-state index in [1.165, 1.54) is 0 Å². The molecule has 0 bridgehead atoms. The van der Waals surface area contributed by atoms with Crippen molar-refractivity contribution in [2.45, 2.75) is 26.8 Å². The van der Waals surface area contributed by atoms with E-state index in [2.05, 4.69) is 49.9 Å². The van der Waals surface area contributed by atoms with Crippen molar-refractivity contribution >= 4 is 28.2 Å². The van der Waals surface area contributed by atoms with Gasteiger partial charge in [-0.05, 0) is 61.9 Å². The molecule has 5 nitrogen and oxygen atoms in total. The molecule has 0 spiro atoms. The third-order valence-electron chi connectivity index (χ3n) is 5.97. The van der Waals surface area contributed by atoms with Gasteiger partial charge in [0.15, 0.2) is 0 Å². The molecule has 0 amide bonds. The molecule has 0 fully saturated rings. The lowest BCUT2D eigenvalue weighted by Crippen LogP contribution is -2.44. The van der Waals surface area contributed by atoms with Crippen LogP contribution in [0, 0.1) is 6.92 Å². The van der Waals surface area contributed by atoms with Gasteiger partial charge in [-0.3, -0.25) is 0 Å². The van der Waals surface area contributed by atoms with Crippen LogP contribution in [0.1, 0.15) is 19.4 Å². The van der Waals surface area contributed by atoms with Gasteiger partial charge < -0.3 is 23.8 Å². The first kappa shape index (κ1) is 20.9. The number of ether oxygens (including phenoxy) is 4. The van der Waals surface area contributed by atoms with Gasteiger partial charge in [0.1, 0.15) is 23.0 Å². The standard InChI is InChI=1S/C26H29NO4/c1-15-10-20-21(8-9-22(29-5)26(20)23(11-15)30-6)27-16(2)12-18-13-19(28-4)14-24(31-7)25(18)17(27)3/h8-14,16H,1-7H3. The zero-order valence-corrected chi connectivity index (χ0v) is 19.2. The first-order valence-corrected chi connectivity index (χ1v) is 10.3. The highest BCUT2D eigenvalue weighted by Gasteiger charge is 2.24. The smallest absolute Gasteiger partial charge is 0.132 e. The van der Waals surface area contributed by atoms with Crippen LogP contribution in [-0.2, 0) is 0 Å². The summed E-state index contributed by atoms with van der Waals surface area (Å²) in [5.74, 6) is 3.19. The third-order valence-corrected chi connectivity index (χ3v) is 5.97. The fourth-order valence-electron chi connectivity index (χ4n) is 4.65. The molecule has 3 aromatic carbocycles. The molecule has 1 aliphatic rings. The van der Waals surface area contributed by atoms with Crippen molar-refractivity contribution in [1.82, 2.24) is 0 Å². The van der Waals surface area contributed by atoms with Gasteiger partial charge in [-0.2, -0.15) is 0 Å². The number of nitrogens with zero attached hydrogens (tertiary/aromatic N) is 1. The molecule has 0 radical (unpaired) electrons. The van der Waals surface area contributed by atoms with E-state index in [1.807, 2.05) is 18.2 Å². The number of methoxy groups -OCH3 is 4. The Morgan fingerprint density at radius 3 is 2.13 bits per heavy atom. The molecular formula is C26H29NO4. The maximum absolute atomic E-state index is 5.74. The summed E-state index contributed by atoms with van der Waals surface area (Å²) in [4.78, 5) is 2.35. The Labute approximate surface area is 183 Å². The molecule has 0 saturated heterocycles. The summed E-state index contributed by atoms with van der Waals surface area (Å²) >= 11 is 0. The number of hydrogen-bond donors (Lipinski definition) is 0. The predicted molar refractivity (Wildman–Crippen MR) is 126 cm³/mol. The van der Waals surface area contributed by atoms with Gasteiger partial charge in [-0.15, -0.1) is 0 Å². The first-order chi connectivity index (χ1) is 14.9. The Hall–Kier alpha value is -3.34. The van der Waals surface area contributed by atoms with Crippen LogP contribution in [0.3, 0.4) is 0 Å². The number of aryl methyl sites for hydroxylation is 1. The zero-order chi connectivity index (χ0) is 22.3. The molecular weight excluding hydrogens is 390 g/mol. The van der Waals surface area contributed by atoms with Gasteiger partial charge in [0.25, 0.3) is 0 Å². The van der Waals surface area contributed by atoms with Crippen LogP contribution in [0.4, 0.5) is 5.69 Å². The summed E-state index contributed by atoms with van der Waals surface area (Å²) in [5.41, 5.74) is 3.35. The van der Waals surface area contributed by atoms with E-state index in [4.69, 9.17) is 18.9 Å². The summed E-state index contributed by atoms with van der Waals surface area (Å²) in [6, 6.07) is 12.5. The summed E-state index contributed by atoms with van der Waals surface area (Å²) in [6.07, 6.45) is 2.25. The quantitative estimate of drug-likeness (QED) is 0.625. The van der Waals surface area contributed by atoms with Crippen LogP contribution < -0.4 is 34.3 Å². The van der Waals surface area contributed by atoms with Crippen molar-refractivity contribution in [2.24, 2.45) is 0 Å². The average Bonchev–Trinajstić information content (AvgIpc) is 2.77. The molecule has 0 N–H and O–H groups in total. The van der Waals surface area contributed by atoms with E-state index < -0.39 is 0 Å². The summed E-state index contributed by atoms with van der Waals surface area (Å²) in [7, 11) is 6.76. The van der Waals surface area contributed by atoms with Crippen molar-refractivity contribution in [3.8, 4) is 23.0 Å². The van der Waals surface area contributed by atoms with Crippen LogP contribution in [0.2, 0.25) is 0 Å². The molecule has 1 aliphatic heterocycles. The lowest BCUT2D eigenvalue weighted by molar-refractivity contribution is 0.391. The van der Waals surface area contributed by atoms with Gasteiger partial charge in [-0.25, -0.2) is 0 Å².